The first kappa shape index (κ1) is 19.8. The zero-order valence-corrected chi connectivity index (χ0v) is 15.3. The Balaban J connectivity index is 1.81. The average Bonchev–Trinajstić information content (AvgIpc) is 3.04. The van der Waals surface area contributed by atoms with Gasteiger partial charge >= 0.3 is 0 Å². The molecule has 0 radical (unpaired) electrons. The molecule has 3 nitrogen and oxygen atoms in total. The first-order chi connectivity index (χ1) is 10.8. The number of amidine groups is 1. The van der Waals surface area contributed by atoms with E-state index in [1.165, 1.54) is 70.6 Å². The molecule has 0 spiro atoms. The number of nitrogens with two attached hydrogens (primary N) is 1. The fraction of sp³-hybridized carbons (Fsp3) is 0.944. The summed E-state index contributed by atoms with van der Waals surface area (Å²) < 4.78 is 5.54. The lowest BCUT2D eigenvalue weighted by Gasteiger charge is -2.06. The minimum Gasteiger partial charge on any atom is -0.379 e. The number of hydrogen-bond donors (Lipinski definition) is 1. The molecule has 1 fully saturated rings. The van der Waals surface area contributed by atoms with Crippen LogP contribution in [-0.4, -0.2) is 30.2 Å². The third-order valence-electron chi connectivity index (χ3n) is 4.22. The summed E-state index contributed by atoms with van der Waals surface area (Å²) in [6.45, 7) is 3.92. The Hall–Kier alpha value is -0.220. The monoisotopic (exact) mass is 328 g/mol. The molecule has 1 saturated heterocycles. The summed E-state index contributed by atoms with van der Waals surface area (Å²) >= 11 is 1.71. The van der Waals surface area contributed by atoms with Gasteiger partial charge in [-0.15, -0.1) is 0 Å². The van der Waals surface area contributed by atoms with Gasteiger partial charge in [-0.05, 0) is 19.3 Å². The maximum absolute atomic E-state index is 5.93. The third-order valence-corrected chi connectivity index (χ3v) is 5.14. The van der Waals surface area contributed by atoms with Crippen LogP contribution < -0.4 is 5.73 Å². The van der Waals surface area contributed by atoms with Crippen molar-refractivity contribution in [2.75, 3.05) is 18.9 Å². The summed E-state index contributed by atoms with van der Waals surface area (Å²) in [4.78, 5) is 4.42. The van der Waals surface area contributed by atoms with Gasteiger partial charge in [0.1, 0.15) is 0 Å². The molecule has 1 unspecified atom stereocenters. The van der Waals surface area contributed by atoms with Crippen molar-refractivity contribution in [1.29, 1.82) is 0 Å². The Morgan fingerprint density at radius 2 is 1.68 bits per heavy atom. The van der Waals surface area contributed by atoms with Crippen molar-refractivity contribution in [3.05, 3.63) is 0 Å². The van der Waals surface area contributed by atoms with Crippen molar-refractivity contribution in [3.63, 3.8) is 0 Å². The molecular formula is C18H36N2OS. The summed E-state index contributed by atoms with van der Waals surface area (Å²) in [6.07, 6.45) is 16.5. The fourth-order valence-electron chi connectivity index (χ4n) is 2.79. The number of rotatable bonds is 13. The molecule has 0 aromatic carbocycles. The van der Waals surface area contributed by atoms with Gasteiger partial charge in [0.15, 0.2) is 5.17 Å². The normalized spacial score (nSPS) is 19.0. The quantitative estimate of drug-likeness (QED) is 0.289. The Morgan fingerprint density at radius 1 is 1.05 bits per heavy atom. The number of ether oxygens (including phenoxy) is 1. The minimum atomic E-state index is 0.316. The summed E-state index contributed by atoms with van der Waals surface area (Å²) in [7, 11) is 0. The molecule has 0 aromatic rings. The molecule has 0 amide bonds. The zero-order chi connectivity index (χ0) is 15.9. The number of aliphatic imine (C=N–C) groups is 1. The van der Waals surface area contributed by atoms with Crippen LogP contribution in [-0.2, 0) is 4.74 Å². The lowest BCUT2D eigenvalue weighted by molar-refractivity contribution is 0.118. The summed E-state index contributed by atoms with van der Waals surface area (Å²) in [6, 6.07) is 0. The molecule has 1 rings (SSSR count). The summed E-state index contributed by atoms with van der Waals surface area (Å²) in [5.74, 6) is 1.11. The fourth-order valence-corrected chi connectivity index (χ4v) is 3.52. The Morgan fingerprint density at radius 3 is 2.27 bits per heavy atom. The van der Waals surface area contributed by atoms with E-state index in [0.29, 0.717) is 6.10 Å². The largest absolute Gasteiger partial charge is 0.379 e. The Labute approximate surface area is 141 Å². The molecule has 0 aromatic heterocycles. The first-order valence-electron chi connectivity index (χ1n) is 9.37. The van der Waals surface area contributed by atoms with Gasteiger partial charge in [-0.25, -0.2) is 0 Å². The van der Waals surface area contributed by atoms with Crippen LogP contribution in [0.15, 0.2) is 4.99 Å². The van der Waals surface area contributed by atoms with Gasteiger partial charge in [-0.2, -0.15) is 0 Å². The van der Waals surface area contributed by atoms with E-state index in [1.54, 1.807) is 11.8 Å². The second kappa shape index (κ2) is 14.4. The standard InChI is InChI=1S/C18H36N2OS/c1-2-3-4-5-6-7-8-9-10-11-15-22-18(19)20-16-17-13-12-14-21-17/h17H,2-16H2,1H3,(H2,19,20). The molecule has 0 saturated carbocycles. The molecule has 1 heterocycles. The van der Waals surface area contributed by atoms with Gasteiger partial charge in [-0.1, -0.05) is 76.5 Å². The Kier molecular flexibility index (Phi) is 13.0. The van der Waals surface area contributed by atoms with Crippen LogP contribution in [0.3, 0.4) is 0 Å². The number of unbranched alkanes of at least 4 members (excludes halogenated alkanes) is 9. The van der Waals surface area contributed by atoms with E-state index in [1.807, 2.05) is 0 Å². The smallest absolute Gasteiger partial charge is 0.153 e. The number of thioether (sulfide) groups is 1. The molecule has 0 bridgehead atoms. The van der Waals surface area contributed by atoms with Crippen molar-refractivity contribution in [3.8, 4) is 0 Å². The molecule has 1 aliphatic heterocycles. The molecule has 0 aliphatic carbocycles. The van der Waals surface area contributed by atoms with Crippen molar-refractivity contribution >= 4 is 16.9 Å². The van der Waals surface area contributed by atoms with E-state index in [-0.39, 0.29) is 0 Å². The summed E-state index contributed by atoms with van der Waals surface area (Å²) in [5.41, 5.74) is 5.93. The highest BCUT2D eigenvalue weighted by Crippen LogP contribution is 2.14. The predicted octanol–water partition coefficient (Wildman–Crippen LogP) is 5.13. The van der Waals surface area contributed by atoms with Gasteiger partial charge in [0, 0.05) is 12.4 Å². The molecule has 1 aliphatic rings. The van der Waals surface area contributed by atoms with E-state index in [4.69, 9.17) is 10.5 Å². The second-order valence-corrected chi connectivity index (χ2v) is 7.46. The van der Waals surface area contributed by atoms with Gasteiger partial charge in [-0.3, -0.25) is 4.99 Å². The Bertz CT molecular complexity index is 278. The lowest BCUT2D eigenvalue weighted by atomic mass is 10.1. The highest BCUT2D eigenvalue weighted by molar-refractivity contribution is 8.13. The van der Waals surface area contributed by atoms with E-state index in [2.05, 4.69) is 11.9 Å². The van der Waals surface area contributed by atoms with Gasteiger partial charge < -0.3 is 10.5 Å². The predicted molar refractivity (Wildman–Crippen MR) is 99.8 cm³/mol. The van der Waals surface area contributed by atoms with Crippen molar-refractivity contribution in [1.82, 2.24) is 0 Å². The zero-order valence-electron chi connectivity index (χ0n) is 14.5. The van der Waals surface area contributed by atoms with Crippen LogP contribution in [0.2, 0.25) is 0 Å². The van der Waals surface area contributed by atoms with Crippen LogP contribution in [0.1, 0.15) is 84.0 Å². The van der Waals surface area contributed by atoms with E-state index in [0.717, 1.165) is 30.5 Å². The van der Waals surface area contributed by atoms with E-state index >= 15 is 0 Å². The lowest BCUT2D eigenvalue weighted by Crippen LogP contribution is -2.14. The first-order valence-corrected chi connectivity index (χ1v) is 10.4. The SMILES string of the molecule is CCCCCCCCCCCCSC(N)=NCC1CCCO1. The van der Waals surface area contributed by atoms with Crippen LogP contribution in [0, 0.1) is 0 Å². The van der Waals surface area contributed by atoms with Crippen LogP contribution >= 0.6 is 11.8 Å². The number of nitrogens with zero attached hydrogens (tertiary/aromatic N) is 1. The minimum absolute atomic E-state index is 0.316. The highest BCUT2D eigenvalue weighted by atomic mass is 32.2. The maximum Gasteiger partial charge on any atom is 0.153 e. The number of hydrogen-bond acceptors (Lipinski definition) is 3. The average molecular weight is 329 g/mol. The molecule has 22 heavy (non-hydrogen) atoms. The van der Waals surface area contributed by atoms with Crippen molar-refractivity contribution in [2.24, 2.45) is 10.7 Å². The molecular weight excluding hydrogens is 292 g/mol. The van der Waals surface area contributed by atoms with Gasteiger partial charge in [0.2, 0.25) is 0 Å². The van der Waals surface area contributed by atoms with E-state index in [9.17, 15) is 0 Å². The van der Waals surface area contributed by atoms with Crippen LogP contribution in [0.25, 0.3) is 0 Å². The summed E-state index contributed by atoms with van der Waals surface area (Å²) in [5, 5.41) is 0.742. The third kappa shape index (κ3) is 11.4. The van der Waals surface area contributed by atoms with Crippen molar-refractivity contribution < 1.29 is 4.74 Å². The van der Waals surface area contributed by atoms with Crippen LogP contribution in [0.4, 0.5) is 0 Å². The molecule has 130 valence electrons. The van der Waals surface area contributed by atoms with Gasteiger partial charge in [0.05, 0.1) is 12.6 Å². The van der Waals surface area contributed by atoms with E-state index < -0.39 is 0 Å². The molecule has 2 N–H and O–H groups in total. The highest BCUT2D eigenvalue weighted by Gasteiger charge is 2.14. The van der Waals surface area contributed by atoms with Crippen LogP contribution in [0.5, 0.6) is 0 Å². The van der Waals surface area contributed by atoms with Crippen molar-refractivity contribution in [2.45, 2.75) is 90.1 Å². The molecule has 4 heteroatoms. The topological polar surface area (TPSA) is 47.6 Å². The van der Waals surface area contributed by atoms with Gasteiger partial charge in [0.25, 0.3) is 0 Å². The molecule has 1 atom stereocenters. The second-order valence-electron chi connectivity index (χ2n) is 6.34. The maximum atomic E-state index is 5.93.